The van der Waals surface area contributed by atoms with E-state index in [1.165, 1.54) is 0 Å². The third kappa shape index (κ3) is 3.98. The summed E-state index contributed by atoms with van der Waals surface area (Å²) in [6.07, 6.45) is 0. The zero-order valence-corrected chi connectivity index (χ0v) is 11.6. The topological polar surface area (TPSA) is 58.4 Å². The highest BCUT2D eigenvalue weighted by Crippen LogP contribution is 2.22. The van der Waals surface area contributed by atoms with Crippen LogP contribution >= 0.6 is 11.6 Å². The van der Waals surface area contributed by atoms with Gasteiger partial charge < -0.3 is 11.1 Å². The Balaban J connectivity index is 2.89. The van der Waals surface area contributed by atoms with E-state index in [-0.39, 0.29) is 11.9 Å². The molecule has 1 rings (SSSR count). The van der Waals surface area contributed by atoms with Crippen LogP contribution in [0.5, 0.6) is 0 Å². The Morgan fingerprint density at radius 3 is 2.78 bits per heavy atom. The molecule has 0 heterocycles. The molecule has 0 aliphatic heterocycles. The molecule has 0 aromatic heterocycles. The Morgan fingerprint density at radius 1 is 1.56 bits per heavy atom. The van der Waals surface area contributed by atoms with Crippen molar-refractivity contribution in [3.8, 4) is 0 Å². The first-order valence-corrected chi connectivity index (χ1v) is 6.40. The number of hydrogen-bond donors (Lipinski definition) is 2. The van der Waals surface area contributed by atoms with Gasteiger partial charge in [-0.2, -0.15) is 0 Å². The molecule has 18 heavy (non-hydrogen) atoms. The summed E-state index contributed by atoms with van der Waals surface area (Å²) in [6, 6.07) is 7.61. The second-order valence-corrected chi connectivity index (χ2v) is 4.48. The van der Waals surface area contributed by atoms with E-state index >= 15 is 0 Å². The van der Waals surface area contributed by atoms with Crippen molar-refractivity contribution in [2.24, 2.45) is 5.73 Å². The summed E-state index contributed by atoms with van der Waals surface area (Å²) in [4.78, 5) is 13.5. The van der Waals surface area contributed by atoms with Gasteiger partial charge in [0.05, 0.1) is 6.54 Å². The SMILES string of the molecule is CCN(CC(=O)NC)C(CN)c1cccc(Cl)c1. The molecular weight excluding hydrogens is 250 g/mol. The van der Waals surface area contributed by atoms with Crippen molar-refractivity contribution >= 4 is 17.5 Å². The van der Waals surface area contributed by atoms with E-state index < -0.39 is 0 Å². The minimum absolute atomic E-state index is 0.00556. The summed E-state index contributed by atoms with van der Waals surface area (Å²) in [6.45, 7) is 3.55. The van der Waals surface area contributed by atoms with Crippen molar-refractivity contribution in [1.82, 2.24) is 10.2 Å². The molecule has 100 valence electrons. The lowest BCUT2D eigenvalue weighted by Crippen LogP contribution is -2.40. The quantitative estimate of drug-likeness (QED) is 0.821. The Labute approximate surface area is 113 Å². The number of carbonyl (C=O) groups excluding carboxylic acids is 1. The summed E-state index contributed by atoms with van der Waals surface area (Å²) in [5.41, 5.74) is 6.87. The number of nitrogens with zero attached hydrogens (tertiary/aromatic N) is 1. The van der Waals surface area contributed by atoms with Crippen LogP contribution in [-0.4, -0.2) is 37.5 Å². The van der Waals surface area contributed by atoms with Crippen LogP contribution in [0.15, 0.2) is 24.3 Å². The zero-order valence-electron chi connectivity index (χ0n) is 10.8. The molecular formula is C13H20ClN3O. The van der Waals surface area contributed by atoms with Gasteiger partial charge in [-0.1, -0.05) is 30.7 Å². The molecule has 4 nitrogen and oxygen atoms in total. The number of rotatable bonds is 6. The van der Waals surface area contributed by atoms with Crippen LogP contribution in [-0.2, 0) is 4.79 Å². The van der Waals surface area contributed by atoms with E-state index in [1.807, 2.05) is 36.1 Å². The van der Waals surface area contributed by atoms with Crippen LogP contribution in [0.4, 0.5) is 0 Å². The predicted molar refractivity (Wildman–Crippen MR) is 74.6 cm³/mol. The highest BCUT2D eigenvalue weighted by molar-refractivity contribution is 6.30. The maximum absolute atomic E-state index is 11.5. The van der Waals surface area contributed by atoms with Crippen molar-refractivity contribution < 1.29 is 4.79 Å². The van der Waals surface area contributed by atoms with Gasteiger partial charge in [0.2, 0.25) is 5.91 Å². The summed E-state index contributed by atoms with van der Waals surface area (Å²) < 4.78 is 0. The summed E-state index contributed by atoms with van der Waals surface area (Å²) in [7, 11) is 1.63. The second-order valence-electron chi connectivity index (χ2n) is 4.04. The maximum Gasteiger partial charge on any atom is 0.233 e. The average Bonchev–Trinajstić information content (AvgIpc) is 2.38. The lowest BCUT2D eigenvalue weighted by Gasteiger charge is -2.29. The molecule has 0 fully saturated rings. The number of carbonyl (C=O) groups is 1. The van der Waals surface area contributed by atoms with Gasteiger partial charge in [-0.15, -0.1) is 0 Å². The smallest absolute Gasteiger partial charge is 0.233 e. The van der Waals surface area contributed by atoms with Crippen LogP contribution in [0.1, 0.15) is 18.5 Å². The van der Waals surface area contributed by atoms with Crippen molar-refractivity contribution in [3.63, 3.8) is 0 Å². The normalized spacial score (nSPS) is 12.5. The zero-order chi connectivity index (χ0) is 13.5. The summed E-state index contributed by atoms with van der Waals surface area (Å²) in [5.74, 6) is -0.0164. The fraction of sp³-hybridized carbons (Fsp3) is 0.462. The minimum atomic E-state index is -0.0164. The number of benzene rings is 1. The van der Waals surface area contributed by atoms with E-state index in [0.717, 1.165) is 12.1 Å². The standard InChI is InChI=1S/C13H20ClN3O/c1-3-17(9-13(18)16-2)12(8-15)10-5-4-6-11(14)7-10/h4-7,12H,3,8-9,15H2,1-2H3,(H,16,18). The van der Waals surface area contributed by atoms with E-state index in [1.54, 1.807) is 7.05 Å². The molecule has 1 atom stereocenters. The Morgan fingerprint density at radius 2 is 2.28 bits per heavy atom. The van der Waals surface area contributed by atoms with Gasteiger partial charge in [0, 0.05) is 24.7 Å². The first kappa shape index (κ1) is 15.0. The van der Waals surface area contributed by atoms with E-state index in [9.17, 15) is 4.79 Å². The number of amides is 1. The van der Waals surface area contributed by atoms with Crippen molar-refractivity contribution in [3.05, 3.63) is 34.9 Å². The van der Waals surface area contributed by atoms with Gasteiger partial charge in [0.15, 0.2) is 0 Å². The van der Waals surface area contributed by atoms with Crippen molar-refractivity contribution in [1.29, 1.82) is 0 Å². The van der Waals surface area contributed by atoms with Gasteiger partial charge >= 0.3 is 0 Å². The molecule has 0 aliphatic carbocycles. The highest BCUT2D eigenvalue weighted by Gasteiger charge is 2.19. The predicted octanol–water partition coefficient (Wildman–Crippen LogP) is 1.41. The van der Waals surface area contributed by atoms with Crippen LogP contribution in [0, 0.1) is 0 Å². The molecule has 1 unspecified atom stereocenters. The molecule has 1 aromatic rings. The number of likely N-dealkylation sites (N-methyl/N-ethyl adjacent to an activating group) is 2. The van der Waals surface area contributed by atoms with Crippen molar-refractivity contribution in [2.45, 2.75) is 13.0 Å². The summed E-state index contributed by atoms with van der Waals surface area (Å²) >= 11 is 5.99. The number of nitrogens with two attached hydrogens (primary N) is 1. The minimum Gasteiger partial charge on any atom is -0.358 e. The monoisotopic (exact) mass is 269 g/mol. The molecule has 0 aliphatic rings. The molecule has 1 aromatic carbocycles. The van der Waals surface area contributed by atoms with Gasteiger partial charge in [-0.05, 0) is 24.2 Å². The average molecular weight is 270 g/mol. The number of halogens is 1. The van der Waals surface area contributed by atoms with E-state index in [4.69, 9.17) is 17.3 Å². The largest absolute Gasteiger partial charge is 0.358 e. The van der Waals surface area contributed by atoms with Crippen LogP contribution in [0.3, 0.4) is 0 Å². The van der Waals surface area contributed by atoms with Crippen LogP contribution in [0.25, 0.3) is 0 Å². The van der Waals surface area contributed by atoms with Gasteiger partial charge in [0.25, 0.3) is 0 Å². The van der Waals surface area contributed by atoms with Crippen LogP contribution in [0.2, 0.25) is 5.02 Å². The highest BCUT2D eigenvalue weighted by atomic mass is 35.5. The van der Waals surface area contributed by atoms with Crippen LogP contribution < -0.4 is 11.1 Å². The molecule has 5 heteroatoms. The van der Waals surface area contributed by atoms with Gasteiger partial charge in [-0.25, -0.2) is 0 Å². The Kier molecular flexibility index (Phi) is 6.12. The molecule has 0 saturated heterocycles. The molecule has 0 bridgehead atoms. The first-order chi connectivity index (χ1) is 8.62. The molecule has 0 spiro atoms. The molecule has 0 saturated carbocycles. The molecule has 3 N–H and O–H groups in total. The Bertz CT molecular complexity index is 398. The van der Waals surface area contributed by atoms with Crippen molar-refractivity contribution in [2.75, 3.05) is 26.7 Å². The molecule has 0 radical (unpaired) electrons. The third-order valence-electron chi connectivity index (χ3n) is 2.93. The second kappa shape index (κ2) is 7.36. The lowest BCUT2D eigenvalue weighted by molar-refractivity contribution is -0.122. The summed E-state index contributed by atoms with van der Waals surface area (Å²) in [5, 5.41) is 3.31. The fourth-order valence-corrected chi connectivity index (χ4v) is 2.11. The Hall–Kier alpha value is -1.10. The maximum atomic E-state index is 11.5. The van der Waals surface area contributed by atoms with Gasteiger partial charge in [-0.3, -0.25) is 9.69 Å². The molecule has 1 amide bonds. The third-order valence-corrected chi connectivity index (χ3v) is 3.16. The number of hydrogen-bond acceptors (Lipinski definition) is 3. The van der Waals surface area contributed by atoms with E-state index in [0.29, 0.717) is 18.1 Å². The van der Waals surface area contributed by atoms with Gasteiger partial charge in [0.1, 0.15) is 0 Å². The van der Waals surface area contributed by atoms with E-state index in [2.05, 4.69) is 5.32 Å². The lowest BCUT2D eigenvalue weighted by atomic mass is 10.1. The number of nitrogens with one attached hydrogen (secondary N) is 1. The fourth-order valence-electron chi connectivity index (χ4n) is 1.92. The first-order valence-electron chi connectivity index (χ1n) is 6.02.